The highest BCUT2D eigenvalue weighted by molar-refractivity contribution is 7.91. The second-order valence-electron chi connectivity index (χ2n) is 7.92. The number of halogens is 1. The number of anilines is 1. The summed E-state index contributed by atoms with van der Waals surface area (Å²) in [6.45, 7) is 1.48. The van der Waals surface area contributed by atoms with Crippen molar-refractivity contribution in [3.05, 3.63) is 64.1 Å². The second kappa shape index (κ2) is 9.72. The summed E-state index contributed by atoms with van der Waals surface area (Å²) >= 11 is 7.54. The first-order valence-corrected chi connectivity index (χ1v) is 13.1. The maximum atomic E-state index is 12.8. The van der Waals surface area contributed by atoms with Crippen LogP contribution in [0.15, 0.2) is 52.2 Å². The van der Waals surface area contributed by atoms with Crippen LogP contribution in [0.3, 0.4) is 0 Å². The molecule has 3 aromatic rings. The average Bonchev–Trinajstić information content (AvgIpc) is 3.39. The van der Waals surface area contributed by atoms with Crippen molar-refractivity contribution in [2.45, 2.75) is 4.21 Å². The standard InChI is InChI=1S/C23H22ClN5O3S2/c1-27(2)23(30)19-6-5-16(13-20(19)24)18-12-17(14-25)22(26-15-18)28-7-9-29(10-8-28)34(31,32)21-4-3-11-33-21/h3-6,11-13,15H,7-10H2,1-2H3. The fraction of sp³-hybridized carbons (Fsp3) is 0.261. The molecule has 2 aromatic heterocycles. The quantitative estimate of drug-likeness (QED) is 0.515. The molecule has 0 bridgehead atoms. The molecule has 0 N–H and O–H groups in total. The van der Waals surface area contributed by atoms with Gasteiger partial charge in [0.15, 0.2) is 0 Å². The number of pyridine rings is 1. The Balaban J connectivity index is 1.53. The number of amides is 1. The van der Waals surface area contributed by atoms with Crippen LogP contribution in [0.1, 0.15) is 15.9 Å². The number of carbonyl (C=O) groups is 1. The van der Waals surface area contributed by atoms with Crippen LogP contribution in [0.25, 0.3) is 11.1 Å². The second-order valence-corrected chi connectivity index (χ2v) is 11.4. The Bertz CT molecular complexity index is 1360. The van der Waals surface area contributed by atoms with E-state index in [4.69, 9.17) is 11.6 Å². The highest BCUT2D eigenvalue weighted by Gasteiger charge is 2.30. The van der Waals surface area contributed by atoms with E-state index in [0.717, 1.165) is 5.56 Å². The molecular weight excluding hydrogens is 494 g/mol. The summed E-state index contributed by atoms with van der Waals surface area (Å²) in [4.78, 5) is 20.1. The Kier molecular flexibility index (Phi) is 6.91. The zero-order chi connectivity index (χ0) is 24.5. The normalized spacial score (nSPS) is 14.6. The molecule has 0 spiro atoms. The minimum Gasteiger partial charge on any atom is -0.353 e. The van der Waals surface area contributed by atoms with Gasteiger partial charge in [-0.25, -0.2) is 13.4 Å². The third-order valence-electron chi connectivity index (χ3n) is 5.55. The molecule has 0 aliphatic carbocycles. The van der Waals surface area contributed by atoms with E-state index in [1.54, 1.807) is 62.1 Å². The number of sulfonamides is 1. The van der Waals surface area contributed by atoms with Crippen molar-refractivity contribution < 1.29 is 13.2 Å². The molecule has 1 aromatic carbocycles. The number of rotatable bonds is 5. The lowest BCUT2D eigenvalue weighted by molar-refractivity contribution is 0.0828. The summed E-state index contributed by atoms with van der Waals surface area (Å²) in [7, 11) is -0.185. The number of nitriles is 1. The maximum absolute atomic E-state index is 12.8. The summed E-state index contributed by atoms with van der Waals surface area (Å²) in [6.07, 6.45) is 1.66. The Morgan fingerprint density at radius 1 is 1.15 bits per heavy atom. The Hall–Kier alpha value is -2.97. The van der Waals surface area contributed by atoms with Crippen LogP contribution in [0.4, 0.5) is 5.82 Å². The van der Waals surface area contributed by atoms with E-state index in [9.17, 15) is 18.5 Å². The van der Waals surface area contributed by atoms with Gasteiger partial charge in [0.1, 0.15) is 16.1 Å². The molecule has 34 heavy (non-hydrogen) atoms. The SMILES string of the molecule is CN(C)C(=O)c1ccc(-c2cnc(N3CCN(S(=O)(=O)c4cccs4)CC3)c(C#N)c2)cc1Cl. The monoisotopic (exact) mass is 515 g/mol. The van der Waals surface area contributed by atoms with Gasteiger partial charge in [-0.3, -0.25) is 4.79 Å². The molecule has 1 fully saturated rings. The first-order chi connectivity index (χ1) is 16.2. The molecule has 11 heteroatoms. The molecule has 1 saturated heterocycles. The molecule has 176 valence electrons. The highest BCUT2D eigenvalue weighted by atomic mass is 35.5. The van der Waals surface area contributed by atoms with Gasteiger partial charge in [-0.15, -0.1) is 11.3 Å². The third-order valence-corrected chi connectivity index (χ3v) is 9.14. The molecule has 3 heterocycles. The lowest BCUT2D eigenvalue weighted by atomic mass is 10.0. The minimum absolute atomic E-state index is 0.192. The molecule has 0 saturated carbocycles. The van der Waals surface area contributed by atoms with Crippen molar-refractivity contribution >= 4 is 44.7 Å². The van der Waals surface area contributed by atoms with Crippen LogP contribution in [0, 0.1) is 11.3 Å². The van der Waals surface area contributed by atoms with Crippen molar-refractivity contribution in [3.63, 3.8) is 0 Å². The largest absolute Gasteiger partial charge is 0.353 e. The van der Waals surface area contributed by atoms with Gasteiger partial charge in [-0.2, -0.15) is 9.57 Å². The maximum Gasteiger partial charge on any atom is 0.254 e. The zero-order valence-electron chi connectivity index (χ0n) is 18.6. The van der Waals surface area contributed by atoms with Gasteiger partial charge in [-0.1, -0.05) is 23.7 Å². The van der Waals surface area contributed by atoms with Crippen LogP contribution in [-0.2, 0) is 10.0 Å². The minimum atomic E-state index is -3.50. The van der Waals surface area contributed by atoms with Gasteiger partial charge in [0.25, 0.3) is 15.9 Å². The van der Waals surface area contributed by atoms with Crippen molar-refractivity contribution in [1.82, 2.24) is 14.2 Å². The first-order valence-electron chi connectivity index (χ1n) is 10.4. The van der Waals surface area contributed by atoms with Crippen LogP contribution in [0.5, 0.6) is 0 Å². The van der Waals surface area contributed by atoms with E-state index in [2.05, 4.69) is 11.1 Å². The molecule has 4 rings (SSSR count). The fourth-order valence-corrected chi connectivity index (χ4v) is 6.56. The Labute approximate surface area is 207 Å². The predicted molar refractivity (Wildman–Crippen MR) is 133 cm³/mol. The lowest BCUT2D eigenvalue weighted by Gasteiger charge is -2.34. The van der Waals surface area contributed by atoms with Crippen LogP contribution in [0.2, 0.25) is 5.02 Å². The van der Waals surface area contributed by atoms with E-state index in [0.29, 0.717) is 57.9 Å². The van der Waals surface area contributed by atoms with E-state index < -0.39 is 10.0 Å². The Morgan fingerprint density at radius 3 is 2.47 bits per heavy atom. The van der Waals surface area contributed by atoms with Crippen molar-refractivity contribution in [1.29, 1.82) is 5.26 Å². The number of carbonyl (C=O) groups excluding carboxylic acids is 1. The summed E-state index contributed by atoms with van der Waals surface area (Å²) in [5, 5.41) is 11.8. The molecule has 1 aliphatic rings. The highest BCUT2D eigenvalue weighted by Crippen LogP contribution is 2.30. The van der Waals surface area contributed by atoms with Crippen LogP contribution >= 0.6 is 22.9 Å². The van der Waals surface area contributed by atoms with Gasteiger partial charge in [0.2, 0.25) is 0 Å². The van der Waals surface area contributed by atoms with Gasteiger partial charge in [0.05, 0.1) is 16.1 Å². The number of aromatic nitrogens is 1. The fourth-order valence-electron chi connectivity index (χ4n) is 3.74. The molecular formula is C23H22ClN5O3S2. The van der Waals surface area contributed by atoms with E-state index >= 15 is 0 Å². The van der Waals surface area contributed by atoms with E-state index in [-0.39, 0.29) is 5.91 Å². The number of benzene rings is 1. The number of nitrogens with zero attached hydrogens (tertiary/aromatic N) is 5. The average molecular weight is 516 g/mol. The molecule has 0 atom stereocenters. The summed E-state index contributed by atoms with van der Waals surface area (Å²) in [5.74, 6) is 0.327. The van der Waals surface area contributed by atoms with Crippen LogP contribution < -0.4 is 4.90 Å². The lowest BCUT2D eigenvalue weighted by Crippen LogP contribution is -2.49. The summed E-state index contributed by atoms with van der Waals surface area (Å²) in [6, 6.07) is 12.4. The van der Waals surface area contributed by atoms with Crippen LogP contribution in [-0.4, -0.2) is 68.8 Å². The third kappa shape index (κ3) is 4.65. The number of thiophene rings is 1. The number of hydrogen-bond donors (Lipinski definition) is 0. The summed E-state index contributed by atoms with van der Waals surface area (Å²) < 4.78 is 27.3. The van der Waals surface area contributed by atoms with Gasteiger partial charge in [0, 0.05) is 52.0 Å². The number of hydrogen-bond acceptors (Lipinski definition) is 7. The smallest absolute Gasteiger partial charge is 0.254 e. The van der Waals surface area contributed by atoms with Gasteiger partial charge in [-0.05, 0) is 35.2 Å². The summed E-state index contributed by atoms with van der Waals surface area (Å²) in [5.41, 5.74) is 2.22. The molecule has 8 nitrogen and oxygen atoms in total. The molecule has 1 amide bonds. The number of piperazine rings is 1. The van der Waals surface area contributed by atoms with Gasteiger partial charge >= 0.3 is 0 Å². The molecule has 1 aliphatic heterocycles. The predicted octanol–water partition coefficient (Wildman–Crippen LogP) is 3.55. The Morgan fingerprint density at radius 2 is 1.88 bits per heavy atom. The zero-order valence-corrected chi connectivity index (χ0v) is 21.0. The van der Waals surface area contributed by atoms with Crippen molar-refractivity contribution in [3.8, 4) is 17.2 Å². The molecule has 0 radical (unpaired) electrons. The van der Waals surface area contributed by atoms with Crippen molar-refractivity contribution in [2.24, 2.45) is 0 Å². The van der Waals surface area contributed by atoms with E-state index in [1.807, 2.05) is 4.90 Å². The van der Waals surface area contributed by atoms with Crippen molar-refractivity contribution in [2.75, 3.05) is 45.2 Å². The topological polar surface area (TPSA) is 97.6 Å². The van der Waals surface area contributed by atoms with Gasteiger partial charge < -0.3 is 9.80 Å². The van der Waals surface area contributed by atoms with E-state index in [1.165, 1.54) is 20.5 Å². The molecule has 0 unspecified atom stereocenters. The first kappa shape index (κ1) is 24.2.